The Balaban J connectivity index is 1.73. The zero-order valence-electron chi connectivity index (χ0n) is 18.1. The van der Waals surface area contributed by atoms with E-state index in [4.69, 9.17) is 9.57 Å². The molecule has 4 rings (SSSR count). The van der Waals surface area contributed by atoms with Crippen LogP contribution < -0.4 is 4.74 Å². The van der Waals surface area contributed by atoms with Crippen LogP contribution in [0.2, 0.25) is 0 Å². The summed E-state index contributed by atoms with van der Waals surface area (Å²) in [6.45, 7) is 4.54. The Bertz CT molecular complexity index is 1180. The van der Waals surface area contributed by atoms with E-state index in [0.717, 1.165) is 45.2 Å². The molecular formula is C27H26N2O2. The van der Waals surface area contributed by atoms with Crippen LogP contribution in [0.1, 0.15) is 23.7 Å². The number of hydrogen-bond acceptors (Lipinski definition) is 3. The fourth-order valence-corrected chi connectivity index (χ4v) is 3.70. The van der Waals surface area contributed by atoms with E-state index >= 15 is 0 Å². The van der Waals surface area contributed by atoms with E-state index in [9.17, 15) is 0 Å². The summed E-state index contributed by atoms with van der Waals surface area (Å²) in [5.41, 5.74) is 7.35. The lowest BCUT2D eigenvalue weighted by Gasteiger charge is -2.13. The molecule has 1 aromatic heterocycles. The summed E-state index contributed by atoms with van der Waals surface area (Å²) in [6, 6.07) is 30.7. The second kappa shape index (κ2) is 9.35. The molecule has 0 saturated heterocycles. The van der Waals surface area contributed by atoms with Crippen LogP contribution in [0.25, 0.3) is 16.9 Å². The molecule has 0 radical (unpaired) electrons. The summed E-state index contributed by atoms with van der Waals surface area (Å²) in [7, 11) is 1.69. The Morgan fingerprint density at radius 2 is 1.58 bits per heavy atom. The van der Waals surface area contributed by atoms with Crippen molar-refractivity contribution in [3.8, 4) is 22.7 Å². The minimum absolute atomic E-state index is 0.444. The summed E-state index contributed by atoms with van der Waals surface area (Å²) < 4.78 is 7.70. The number of para-hydroxylation sites is 1. The highest BCUT2D eigenvalue weighted by molar-refractivity contribution is 6.01. The molecule has 0 bridgehead atoms. The maximum absolute atomic E-state index is 5.65. The molecule has 31 heavy (non-hydrogen) atoms. The molecule has 0 atom stereocenters. The first kappa shape index (κ1) is 20.5. The molecule has 1 heterocycles. The summed E-state index contributed by atoms with van der Waals surface area (Å²) in [5.74, 6) is 0.828. The molecule has 0 amide bonds. The van der Waals surface area contributed by atoms with Gasteiger partial charge in [0.1, 0.15) is 12.4 Å². The molecule has 0 spiro atoms. The minimum atomic E-state index is 0.444. The molecule has 3 aromatic carbocycles. The van der Waals surface area contributed by atoms with Gasteiger partial charge in [-0.3, -0.25) is 0 Å². The largest absolute Gasteiger partial charge is 0.497 e. The number of ether oxygens (including phenoxy) is 1. The molecule has 0 aliphatic heterocycles. The maximum atomic E-state index is 5.65. The minimum Gasteiger partial charge on any atom is -0.497 e. The maximum Gasteiger partial charge on any atom is 0.142 e. The Kier molecular flexibility index (Phi) is 6.18. The normalized spacial score (nSPS) is 11.4. The Labute approximate surface area is 183 Å². The number of methoxy groups -OCH3 is 1. The van der Waals surface area contributed by atoms with Crippen molar-refractivity contribution in [2.45, 2.75) is 20.5 Å². The van der Waals surface area contributed by atoms with Crippen LogP contribution >= 0.6 is 0 Å². The van der Waals surface area contributed by atoms with Gasteiger partial charge in [0.15, 0.2) is 0 Å². The number of nitrogens with zero attached hydrogens (tertiary/aromatic N) is 2. The Hall–Kier alpha value is -3.79. The van der Waals surface area contributed by atoms with Crippen LogP contribution in [-0.2, 0) is 11.4 Å². The van der Waals surface area contributed by atoms with Crippen molar-refractivity contribution < 1.29 is 9.57 Å². The van der Waals surface area contributed by atoms with Crippen molar-refractivity contribution in [1.29, 1.82) is 0 Å². The highest BCUT2D eigenvalue weighted by Gasteiger charge is 2.17. The van der Waals surface area contributed by atoms with Crippen LogP contribution in [0.15, 0.2) is 96.2 Å². The van der Waals surface area contributed by atoms with E-state index in [2.05, 4.69) is 47.0 Å². The number of benzene rings is 3. The Morgan fingerprint density at radius 1 is 0.871 bits per heavy atom. The van der Waals surface area contributed by atoms with Gasteiger partial charge in [0.25, 0.3) is 0 Å². The van der Waals surface area contributed by atoms with Crippen molar-refractivity contribution in [2.24, 2.45) is 5.16 Å². The van der Waals surface area contributed by atoms with Crippen molar-refractivity contribution >= 4 is 5.71 Å². The van der Waals surface area contributed by atoms with E-state index in [1.165, 1.54) is 0 Å². The van der Waals surface area contributed by atoms with E-state index in [0.29, 0.717) is 6.61 Å². The number of aromatic nitrogens is 1. The van der Waals surface area contributed by atoms with Gasteiger partial charge in [-0.1, -0.05) is 65.8 Å². The summed E-state index contributed by atoms with van der Waals surface area (Å²) >= 11 is 0. The average Bonchev–Trinajstić information content (AvgIpc) is 3.17. The summed E-state index contributed by atoms with van der Waals surface area (Å²) in [6.07, 6.45) is 0. The molecule has 4 aromatic rings. The second-order valence-electron chi connectivity index (χ2n) is 7.37. The summed E-state index contributed by atoms with van der Waals surface area (Å²) in [5, 5.41) is 4.40. The molecule has 0 N–H and O–H groups in total. The Morgan fingerprint density at radius 3 is 2.29 bits per heavy atom. The first-order valence-electron chi connectivity index (χ1n) is 10.3. The van der Waals surface area contributed by atoms with Gasteiger partial charge in [-0.15, -0.1) is 0 Å². The van der Waals surface area contributed by atoms with Crippen molar-refractivity contribution in [3.63, 3.8) is 0 Å². The number of hydrogen-bond donors (Lipinski definition) is 0. The van der Waals surface area contributed by atoms with Crippen LogP contribution in [0, 0.1) is 6.92 Å². The smallest absolute Gasteiger partial charge is 0.142 e. The molecule has 0 fully saturated rings. The zero-order valence-corrected chi connectivity index (χ0v) is 18.1. The van der Waals surface area contributed by atoms with Crippen LogP contribution in [-0.4, -0.2) is 17.4 Å². The standard InChI is InChI=1S/C27H26N2O2/c1-20(28-31-19-22-11-6-4-7-12-22)26-18-27(23-13-10-16-25(17-23)30-3)29(21(26)2)24-14-8-5-9-15-24/h4-18H,19H2,1-3H3/b28-20+. The first-order chi connectivity index (χ1) is 15.2. The fourth-order valence-electron chi connectivity index (χ4n) is 3.70. The molecular weight excluding hydrogens is 384 g/mol. The highest BCUT2D eigenvalue weighted by atomic mass is 16.6. The lowest BCUT2D eigenvalue weighted by molar-refractivity contribution is 0.130. The third-order valence-electron chi connectivity index (χ3n) is 5.29. The monoisotopic (exact) mass is 410 g/mol. The van der Waals surface area contributed by atoms with E-state index in [1.807, 2.05) is 67.6 Å². The molecule has 0 aliphatic carbocycles. The molecule has 4 heteroatoms. The lowest BCUT2D eigenvalue weighted by Crippen LogP contribution is -2.02. The van der Waals surface area contributed by atoms with E-state index in [-0.39, 0.29) is 0 Å². The quantitative estimate of drug-likeness (QED) is 0.261. The van der Waals surface area contributed by atoms with E-state index < -0.39 is 0 Å². The van der Waals surface area contributed by atoms with Gasteiger partial charge in [-0.05, 0) is 49.7 Å². The van der Waals surface area contributed by atoms with Crippen molar-refractivity contribution in [3.05, 3.63) is 108 Å². The van der Waals surface area contributed by atoms with Gasteiger partial charge >= 0.3 is 0 Å². The third-order valence-corrected chi connectivity index (χ3v) is 5.29. The van der Waals surface area contributed by atoms with Crippen molar-refractivity contribution in [1.82, 2.24) is 4.57 Å². The SMILES string of the molecule is COc1cccc(-c2cc(/C(C)=N/OCc3ccccc3)c(C)n2-c2ccccc2)c1. The van der Waals surface area contributed by atoms with Gasteiger partial charge in [0.2, 0.25) is 0 Å². The molecule has 0 saturated carbocycles. The summed E-state index contributed by atoms with van der Waals surface area (Å²) in [4.78, 5) is 5.65. The third kappa shape index (κ3) is 4.53. The predicted octanol–water partition coefficient (Wildman–Crippen LogP) is 6.40. The van der Waals surface area contributed by atoms with Gasteiger partial charge < -0.3 is 14.1 Å². The molecule has 4 nitrogen and oxygen atoms in total. The molecule has 156 valence electrons. The molecule has 0 aliphatic rings. The van der Waals surface area contributed by atoms with Crippen LogP contribution in [0.4, 0.5) is 0 Å². The second-order valence-corrected chi connectivity index (χ2v) is 7.37. The lowest BCUT2D eigenvalue weighted by atomic mass is 10.1. The number of rotatable bonds is 7. The number of oxime groups is 1. The van der Waals surface area contributed by atoms with Gasteiger partial charge in [0.05, 0.1) is 18.5 Å². The predicted molar refractivity (Wildman–Crippen MR) is 126 cm³/mol. The van der Waals surface area contributed by atoms with E-state index in [1.54, 1.807) is 7.11 Å². The van der Waals surface area contributed by atoms with Gasteiger partial charge in [-0.2, -0.15) is 0 Å². The van der Waals surface area contributed by atoms with Gasteiger partial charge in [0, 0.05) is 22.5 Å². The van der Waals surface area contributed by atoms with Gasteiger partial charge in [-0.25, -0.2) is 0 Å². The molecule has 0 unspecified atom stereocenters. The fraction of sp³-hybridized carbons (Fsp3) is 0.148. The van der Waals surface area contributed by atoms with Crippen LogP contribution in [0.3, 0.4) is 0 Å². The highest BCUT2D eigenvalue weighted by Crippen LogP contribution is 2.31. The zero-order chi connectivity index (χ0) is 21.6. The topological polar surface area (TPSA) is 35.8 Å². The average molecular weight is 411 g/mol. The van der Waals surface area contributed by atoms with Crippen LogP contribution in [0.5, 0.6) is 5.75 Å². The van der Waals surface area contributed by atoms with Crippen molar-refractivity contribution in [2.75, 3.05) is 7.11 Å². The first-order valence-corrected chi connectivity index (χ1v) is 10.3.